The van der Waals surface area contributed by atoms with Crippen LogP contribution in [0.2, 0.25) is 0 Å². The first kappa shape index (κ1) is 17.1. The Bertz CT molecular complexity index is 1060. The van der Waals surface area contributed by atoms with Crippen LogP contribution in [0.1, 0.15) is 22.5 Å². The summed E-state index contributed by atoms with van der Waals surface area (Å²) in [4.78, 5) is 26.7. The molecule has 3 aromatic rings. The van der Waals surface area contributed by atoms with Crippen molar-refractivity contribution in [2.75, 3.05) is 6.54 Å². The highest BCUT2D eigenvalue weighted by molar-refractivity contribution is 5.78. The van der Waals surface area contributed by atoms with Crippen LogP contribution in [-0.4, -0.2) is 32.2 Å². The van der Waals surface area contributed by atoms with Gasteiger partial charge in [-0.1, -0.05) is 10.3 Å². The number of hydrogen-bond donors (Lipinski definition) is 0. The van der Waals surface area contributed by atoms with Crippen LogP contribution in [0.25, 0.3) is 5.69 Å². The molecule has 3 heterocycles. The third-order valence-corrected chi connectivity index (χ3v) is 4.77. The summed E-state index contributed by atoms with van der Waals surface area (Å²) in [7, 11) is 0. The van der Waals surface area contributed by atoms with Crippen LogP contribution >= 0.6 is 0 Å². The van der Waals surface area contributed by atoms with Crippen LogP contribution in [0.15, 0.2) is 46.0 Å². The lowest BCUT2D eigenvalue weighted by atomic mass is 10.0. The minimum Gasteiger partial charge on any atom is -0.338 e. The van der Waals surface area contributed by atoms with Gasteiger partial charge < -0.3 is 4.90 Å². The summed E-state index contributed by atoms with van der Waals surface area (Å²) in [6, 6.07) is 7.31. The second-order valence-electron chi connectivity index (χ2n) is 6.55. The van der Waals surface area contributed by atoms with E-state index < -0.39 is 0 Å². The van der Waals surface area contributed by atoms with Crippen molar-refractivity contribution in [3.05, 3.63) is 75.2 Å². The second-order valence-corrected chi connectivity index (χ2v) is 6.55. The first-order chi connectivity index (χ1) is 13.0. The van der Waals surface area contributed by atoms with Gasteiger partial charge in [-0.15, -0.1) is 0 Å². The van der Waals surface area contributed by atoms with E-state index >= 15 is 0 Å². The van der Waals surface area contributed by atoms with Crippen molar-refractivity contribution >= 4 is 5.91 Å². The fourth-order valence-electron chi connectivity index (χ4n) is 3.21. The van der Waals surface area contributed by atoms with Crippen molar-refractivity contribution in [1.82, 2.24) is 19.8 Å². The largest absolute Gasteiger partial charge is 0.338 e. The maximum atomic E-state index is 13.2. The summed E-state index contributed by atoms with van der Waals surface area (Å²) in [5, 5.41) is 7.45. The van der Waals surface area contributed by atoms with Gasteiger partial charge in [0.05, 0.1) is 6.42 Å². The number of carbonyl (C=O) groups excluding carboxylic acids is 1. The van der Waals surface area contributed by atoms with E-state index in [0.717, 1.165) is 11.1 Å². The summed E-state index contributed by atoms with van der Waals surface area (Å²) < 4.78 is 19.3. The molecule has 0 saturated heterocycles. The molecule has 0 aliphatic carbocycles. The fourth-order valence-corrected chi connectivity index (χ4v) is 3.21. The van der Waals surface area contributed by atoms with Gasteiger partial charge >= 0.3 is 0 Å². The van der Waals surface area contributed by atoms with Crippen LogP contribution in [0.3, 0.4) is 0 Å². The molecule has 0 fully saturated rings. The van der Waals surface area contributed by atoms with Crippen molar-refractivity contribution in [3.8, 4) is 5.69 Å². The van der Waals surface area contributed by atoms with E-state index in [1.54, 1.807) is 36.2 Å². The number of pyridine rings is 1. The summed E-state index contributed by atoms with van der Waals surface area (Å²) >= 11 is 0. The molecule has 0 spiro atoms. The predicted octanol–water partition coefficient (Wildman–Crippen LogP) is 1.80. The van der Waals surface area contributed by atoms with Crippen LogP contribution in [0.4, 0.5) is 4.39 Å². The summed E-state index contributed by atoms with van der Waals surface area (Å²) in [5.74, 6) is -0.432. The Morgan fingerprint density at radius 3 is 2.70 bits per heavy atom. The van der Waals surface area contributed by atoms with Gasteiger partial charge in [-0.25, -0.2) is 9.02 Å². The minimum absolute atomic E-state index is 0.0704. The van der Waals surface area contributed by atoms with Gasteiger partial charge in [0.1, 0.15) is 17.2 Å². The molecule has 0 saturated carbocycles. The highest BCUT2D eigenvalue weighted by atomic mass is 19.1. The van der Waals surface area contributed by atoms with E-state index in [2.05, 4.69) is 14.9 Å². The molecular formula is C19H17FN4O3. The zero-order chi connectivity index (χ0) is 19.0. The molecular weight excluding hydrogens is 351 g/mol. The van der Waals surface area contributed by atoms with Crippen molar-refractivity contribution in [3.63, 3.8) is 0 Å². The fraction of sp³-hybridized carbons (Fsp3) is 0.263. The van der Waals surface area contributed by atoms with E-state index in [1.807, 2.05) is 0 Å². The summed E-state index contributed by atoms with van der Waals surface area (Å²) in [5.41, 5.74) is 3.37. The Morgan fingerprint density at radius 2 is 2.00 bits per heavy atom. The van der Waals surface area contributed by atoms with Gasteiger partial charge in [-0.2, -0.15) is 0 Å². The Hall–Kier alpha value is -3.29. The molecule has 8 heteroatoms. The highest BCUT2D eigenvalue weighted by Crippen LogP contribution is 2.20. The van der Waals surface area contributed by atoms with Gasteiger partial charge in [0.2, 0.25) is 5.91 Å². The van der Waals surface area contributed by atoms with E-state index in [1.165, 1.54) is 16.7 Å². The van der Waals surface area contributed by atoms with E-state index in [0.29, 0.717) is 36.6 Å². The molecule has 0 atom stereocenters. The first-order valence-corrected chi connectivity index (χ1v) is 8.57. The van der Waals surface area contributed by atoms with Crippen molar-refractivity contribution in [2.24, 2.45) is 0 Å². The number of amides is 1. The van der Waals surface area contributed by atoms with E-state index in [4.69, 9.17) is 0 Å². The number of halogens is 1. The zero-order valence-corrected chi connectivity index (χ0v) is 14.7. The first-order valence-electron chi connectivity index (χ1n) is 8.57. The maximum absolute atomic E-state index is 13.2. The van der Waals surface area contributed by atoms with Gasteiger partial charge in [0, 0.05) is 31.0 Å². The maximum Gasteiger partial charge on any atom is 0.255 e. The van der Waals surface area contributed by atoms with Gasteiger partial charge in [0.15, 0.2) is 0 Å². The van der Waals surface area contributed by atoms with Gasteiger partial charge in [0.25, 0.3) is 5.56 Å². The topological polar surface area (TPSA) is 81.2 Å². The quantitative estimate of drug-likeness (QED) is 0.704. The number of benzene rings is 1. The van der Waals surface area contributed by atoms with Gasteiger partial charge in [-0.3, -0.25) is 14.2 Å². The minimum atomic E-state index is -0.362. The van der Waals surface area contributed by atoms with Crippen molar-refractivity contribution in [2.45, 2.75) is 26.3 Å². The molecule has 7 nitrogen and oxygen atoms in total. The zero-order valence-electron chi connectivity index (χ0n) is 14.7. The average molecular weight is 368 g/mol. The van der Waals surface area contributed by atoms with Crippen molar-refractivity contribution < 1.29 is 13.8 Å². The SMILES string of the molecule is Cc1nonc1CC(=O)N1CCc2cc(=O)n(-c3ccc(F)cc3)cc2C1. The molecule has 27 heavy (non-hydrogen) atoms. The lowest BCUT2D eigenvalue weighted by molar-refractivity contribution is -0.131. The molecule has 0 unspecified atom stereocenters. The molecule has 2 aromatic heterocycles. The number of aromatic nitrogens is 3. The molecule has 0 bridgehead atoms. The summed E-state index contributed by atoms with van der Waals surface area (Å²) in [6.07, 6.45) is 2.46. The Labute approximate surface area is 154 Å². The molecule has 0 N–H and O–H groups in total. The van der Waals surface area contributed by atoms with Gasteiger partial charge in [-0.05, 0) is 48.7 Å². The average Bonchev–Trinajstić information content (AvgIpc) is 3.06. The molecule has 1 aliphatic rings. The molecule has 1 aromatic carbocycles. The Morgan fingerprint density at radius 1 is 1.22 bits per heavy atom. The number of aryl methyl sites for hydroxylation is 1. The lowest BCUT2D eigenvalue weighted by Gasteiger charge is -2.29. The summed E-state index contributed by atoms with van der Waals surface area (Å²) in [6.45, 7) is 2.68. The lowest BCUT2D eigenvalue weighted by Crippen LogP contribution is -2.38. The predicted molar refractivity (Wildman–Crippen MR) is 93.9 cm³/mol. The third kappa shape index (κ3) is 3.38. The van der Waals surface area contributed by atoms with Crippen LogP contribution in [-0.2, 0) is 24.2 Å². The highest BCUT2D eigenvalue weighted by Gasteiger charge is 2.23. The monoisotopic (exact) mass is 368 g/mol. The molecule has 1 aliphatic heterocycles. The molecule has 1 amide bonds. The smallest absolute Gasteiger partial charge is 0.255 e. The van der Waals surface area contributed by atoms with Crippen LogP contribution in [0.5, 0.6) is 0 Å². The van der Waals surface area contributed by atoms with Crippen molar-refractivity contribution in [1.29, 1.82) is 0 Å². The molecule has 138 valence electrons. The van der Waals surface area contributed by atoms with E-state index in [-0.39, 0.29) is 23.7 Å². The number of rotatable bonds is 3. The molecule has 4 rings (SSSR count). The normalized spacial score (nSPS) is 13.5. The third-order valence-electron chi connectivity index (χ3n) is 4.77. The standard InChI is InChI=1S/C19H17FN4O3/c1-12-17(22-27-21-12)9-18(25)23-7-6-13-8-19(26)24(11-14(13)10-23)16-4-2-15(20)3-5-16/h2-5,8,11H,6-7,9-10H2,1H3. The van der Waals surface area contributed by atoms with E-state index in [9.17, 15) is 14.0 Å². The number of nitrogens with zero attached hydrogens (tertiary/aromatic N) is 4. The molecule has 0 radical (unpaired) electrons. The van der Waals surface area contributed by atoms with Crippen LogP contribution < -0.4 is 5.56 Å². The second kappa shape index (κ2) is 6.79. The van der Waals surface area contributed by atoms with Crippen LogP contribution in [0, 0.1) is 12.7 Å². The number of carbonyl (C=O) groups is 1. The Balaban J connectivity index is 1.59. The Kier molecular flexibility index (Phi) is 4.31. The number of fused-ring (bicyclic) bond motifs is 1. The number of hydrogen-bond acceptors (Lipinski definition) is 5.